The number of aliphatic carboxylic acids is 1. The van der Waals surface area contributed by atoms with Gasteiger partial charge in [0.05, 0.1) is 16.2 Å². The van der Waals surface area contributed by atoms with Crippen molar-refractivity contribution in [3.63, 3.8) is 0 Å². The number of hydrogen-bond acceptors (Lipinski definition) is 5. The Balaban J connectivity index is 2.65. The van der Waals surface area contributed by atoms with Crippen LogP contribution in [0.3, 0.4) is 0 Å². The average molecular weight is 309 g/mol. The quantitative estimate of drug-likeness (QED) is 0.584. The molecular weight excluding hydrogens is 290 g/mol. The van der Waals surface area contributed by atoms with E-state index in [2.05, 4.69) is 5.32 Å². The molecule has 1 aromatic carbocycles. The van der Waals surface area contributed by atoms with Crippen molar-refractivity contribution in [2.24, 2.45) is 0 Å². The van der Waals surface area contributed by atoms with Crippen LogP contribution in [0, 0.1) is 17.0 Å². The molecule has 2 N–H and O–H groups in total. The lowest BCUT2D eigenvalue weighted by Gasteiger charge is -2.20. The second-order valence-electron chi connectivity index (χ2n) is 5.00. The van der Waals surface area contributed by atoms with Gasteiger partial charge in [-0.3, -0.25) is 24.6 Å². The predicted molar refractivity (Wildman–Crippen MR) is 80.8 cm³/mol. The molecule has 0 heterocycles. The van der Waals surface area contributed by atoms with Crippen LogP contribution >= 0.6 is 0 Å². The largest absolute Gasteiger partial charge is 0.480 e. The van der Waals surface area contributed by atoms with E-state index in [1.54, 1.807) is 24.9 Å². The maximum Gasteiger partial charge on any atom is 0.320 e. The molecule has 0 saturated heterocycles. The first-order valence-corrected chi connectivity index (χ1v) is 6.71. The van der Waals surface area contributed by atoms with Gasteiger partial charge in [0.2, 0.25) is 5.91 Å². The van der Waals surface area contributed by atoms with Crippen LogP contribution in [0.25, 0.3) is 0 Å². The van der Waals surface area contributed by atoms with E-state index < -0.39 is 16.9 Å². The summed E-state index contributed by atoms with van der Waals surface area (Å²) in [5, 5.41) is 22.3. The van der Waals surface area contributed by atoms with Crippen molar-refractivity contribution < 1.29 is 19.6 Å². The monoisotopic (exact) mass is 309 g/mol. The molecule has 22 heavy (non-hydrogen) atoms. The van der Waals surface area contributed by atoms with Crippen LogP contribution in [0.4, 0.5) is 11.4 Å². The Hall–Kier alpha value is -2.48. The van der Waals surface area contributed by atoms with Gasteiger partial charge >= 0.3 is 5.97 Å². The van der Waals surface area contributed by atoms with Crippen molar-refractivity contribution in [3.05, 3.63) is 33.9 Å². The number of benzene rings is 1. The molecule has 1 unspecified atom stereocenters. The summed E-state index contributed by atoms with van der Waals surface area (Å²) in [6.07, 6.45) is 0.0935. The van der Waals surface area contributed by atoms with E-state index in [1.807, 2.05) is 0 Å². The minimum Gasteiger partial charge on any atom is -0.480 e. The van der Waals surface area contributed by atoms with Gasteiger partial charge in [0.25, 0.3) is 5.69 Å². The number of amides is 1. The fourth-order valence-corrected chi connectivity index (χ4v) is 1.83. The summed E-state index contributed by atoms with van der Waals surface area (Å²) in [6.45, 7) is 3.37. The number of anilines is 1. The second-order valence-corrected chi connectivity index (χ2v) is 5.00. The first-order valence-electron chi connectivity index (χ1n) is 6.71. The van der Waals surface area contributed by atoms with Crippen LogP contribution in [0.2, 0.25) is 0 Å². The first-order chi connectivity index (χ1) is 10.2. The Morgan fingerprint density at radius 3 is 2.64 bits per heavy atom. The van der Waals surface area contributed by atoms with Crippen LogP contribution in [-0.4, -0.2) is 46.4 Å². The van der Waals surface area contributed by atoms with Crippen LogP contribution in [-0.2, 0) is 9.59 Å². The third-order valence-corrected chi connectivity index (χ3v) is 3.49. The van der Waals surface area contributed by atoms with E-state index in [4.69, 9.17) is 5.11 Å². The highest BCUT2D eigenvalue weighted by molar-refractivity contribution is 5.92. The lowest BCUT2D eigenvalue weighted by molar-refractivity contribution is -0.385. The van der Waals surface area contributed by atoms with Crippen LogP contribution in [0.1, 0.15) is 18.9 Å². The summed E-state index contributed by atoms with van der Waals surface area (Å²) < 4.78 is 0. The highest BCUT2D eigenvalue weighted by atomic mass is 16.6. The molecule has 1 amide bonds. The summed E-state index contributed by atoms with van der Waals surface area (Å²) in [4.78, 5) is 34.6. The smallest absolute Gasteiger partial charge is 0.320 e. The molecule has 0 aliphatic carbocycles. The number of rotatable bonds is 7. The maximum atomic E-state index is 11.9. The van der Waals surface area contributed by atoms with Crippen molar-refractivity contribution in [3.8, 4) is 0 Å². The molecule has 0 aliphatic heterocycles. The average Bonchev–Trinajstić information content (AvgIpc) is 2.45. The fraction of sp³-hybridized carbons (Fsp3) is 0.429. The normalized spacial score (nSPS) is 12.0. The number of hydrogen-bond donors (Lipinski definition) is 2. The molecule has 8 nitrogen and oxygen atoms in total. The van der Waals surface area contributed by atoms with E-state index in [9.17, 15) is 19.7 Å². The van der Waals surface area contributed by atoms with Crippen LogP contribution < -0.4 is 5.32 Å². The number of nitro benzene ring substituents is 1. The lowest BCUT2D eigenvalue weighted by atomic mass is 10.1. The Morgan fingerprint density at radius 2 is 2.09 bits per heavy atom. The molecular formula is C14H19N3O5. The predicted octanol–water partition coefficient (Wildman–Crippen LogP) is 1.64. The van der Waals surface area contributed by atoms with Gasteiger partial charge < -0.3 is 10.4 Å². The standard InChI is InChI=1S/C14H19N3O5/c1-9-11(5-4-6-12(9)17(21)22)15-13(18)7-8-16(3)10(2)14(19)20/h4-6,10H,7-8H2,1-3H3,(H,15,18)(H,19,20). The van der Waals surface area contributed by atoms with Gasteiger partial charge in [-0.15, -0.1) is 0 Å². The number of carbonyl (C=O) groups is 2. The molecule has 0 aromatic heterocycles. The van der Waals surface area contributed by atoms with Gasteiger partial charge in [-0.25, -0.2) is 0 Å². The number of nitro groups is 1. The van der Waals surface area contributed by atoms with Gasteiger partial charge in [0, 0.05) is 19.0 Å². The van der Waals surface area contributed by atoms with Crippen LogP contribution in [0.15, 0.2) is 18.2 Å². The van der Waals surface area contributed by atoms with E-state index in [0.29, 0.717) is 11.3 Å². The Morgan fingerprint density at radius 1 is 1.45 bits per heavy atom. The van der Waals surface area contributed by atoms with Crippen LogP contribution in [0.5, 0.6) is 0 Å². The number of nitrogens with zero attached hydrogens (tertiary/aromatic N) is 2. The van der Waals surface area contributed by atoms with E-state index in [0.717, 1.165) is 0 Å². The number of likely N-dealkylation sites (N-methyl/N-ethyl adjacent to an activating group) is 1. The molecule has 0 bridgehead atoms. The molecule has 0 aliphatic rings. The fourth-order valence-electron chi connectivity index (χ4n) is 1.83. The molecule has 0 radical (unpaired) electrons. The highest BCUT2D eigenvalue weighted by Gasteiger charge is 2.18. The summed E-state index contributed by atoms with van der Waals surface area (Å²) in [5.41, 5.74) is 0.704. The maximum absolute atomic E-state index is 11.9. The molecule has 1 aromatic rings. The van der Waals surface area contributed by atoms with E-state index in [1.165, 1.54) is 19.1 Å². The molecule has 1 atom stereocenters. The topological polar surface area (TPSA) is 113 Å². The minimum atomic E-state index is -0.961. The van der Waals surface area contributed by atoms with Crippen molar-refractivity contribution in [1.29, 1.82) is 0 Å². The van der Waals surface area contributed by atoms with E-state index >= 15 is 0 Å². The van der Waals surface area contributed by atoms with Gasteiger partial charge in [0.15, 0.2) is 0 Å². The third kappa shape index (κ3) is 4.52. The zero-order valence-corrected chi connectivity index (χ0v) is 12.7. The number of nitrogens with one attached hydrogen (secondary N) is 1. The third-order valence-electron chi connectivity index (χ3n) is 3.49. The number of carboxylic acids is 1. The van der Waals surface area contributed by atoms with Gasteiger partial charge in [-0.1, -0.05) is 6.07 Å². The molecule has 1 rings (SSSR count). The SMILES string of the molecule is Cc1c(NC(=O)CCN(C)C(C)C(=O)O)cccc1[N+](=O)[O-]. The summed E-state index contributed by atoms with van der Waals surface area (Å²) in [6, 6.07) is 3.77. The molecule has 8 heteroatoms. The van der Waals surface area contributed by atoms with E-state index in [-0.39, 0.29) is 24.6 Å². The molecule has 0 fully saturated rings. The number of carboxylic acid groups (broad SMARTS) is 1. The number of carbonyl (C=O) groups excluding carboxylic acids is 1. The Bertz CT molecular complexity index is 588. The Labute approximate surface area is 127 Å². The van der Waals surface area contributed by atoms with Gasteiger partial charge in [-0.05, 0) is 27.0 Å². The van der Waals surface area contributed by atoms with Crippen molar-refractivity contribution in [2.75, 3.05) is 18.9 Å². The minimum absolute atomic E-state index is 0.0607. The summed E-state index contributed by atoms with van der Waals surface area (Å²) in [5.74, 6) is -1.29. The van der Waals surface area contributed by atoms with Gasteiger partial charge in [0.1, 0.15) is 6.04 Å². The molecule has 0 saturated carbocycles. The van der Waals surface area contributed by atoms with Gasteiger partial charge in [-0.2, -0.15) is 0 Å². The molecule has 0 spiro atoms. The van der Waals surface area contributed by atoms with Crippen molar-refractivity contribution in [1.82, 2.24) is 4.90 Å². The first kappa shape index (κ1) is 17.6. The van der Waals surface area contributed by atoms with Crippen molar-refractivity contribution >= 4 is 23.3 Å². The lowest BCUT2D eigenvalue weighted by Crippen LogP contribution is -2.37. The Kier molecular flexibility index (Phi) is 6.00. The summed E-state index contributed by atoms with van der Waals surface area (Å²) >= 11 is 0. The summed E-state index contributed by atoms with van der Waals surface area (Å²) in [7, 11) is 1.62. The highest BCUT2D eigenvalue weighted by Crippen LogP contribution is 2.25. The zero-order valence-electron chi connectivity index (χ0n) is 12.7. The molecule has 120 valence electrons. The van der Waals surface area contributed by atoms with Crippen molar-refractivity contribution in [2.45, 2.75) is 26.3 Å². The zero-order chi connectivity index (χ0) is 16.9. The second kappa shape index (κ2) is 7.51.